The number of hydrogen-bond donors (Lipinski definition) is 0. The van der Waals surface area contributed by atoms with Gasteiger partial charge in [0.05, 0.1) is 13.2 Å². The van der Waals surface area contributed by atoms with Crippen molar-refractivity contribution in [3.8, 4) is 0 Å². The average Bonchev–Trinajstić information content (AvgIpc) is 2.77. The van der Waals surface area contributed by atoms with Gasteiger partial charge in [-0.2, -0.15) is 0 Å². The van der Waals surface area contributed by atoms with Crippen LogP contribution in [0, 0.1) is 0 Å². The van der Waals surface area contributed by atoms with Crippen LogP contribution >= 0.6 is 0 Å². The topological polar surface area (TPSA) is 65.1 Å². The normalized spacial score (nSPS) is 22.5. The molecule has 6 nitrogen and oxygen atoms in total. The minimum atomic E-state index is -2.07. The first-order chi connectivity index (χ1) is 10.7. The largest absolute Gasteiger partial charge is 0.467 e. The Morgan fingerprint density at radius 3 is 2.04 bits per heavy atom. The molecule has 0 aromatic rings. The van der Waals surface area contributed by atoms with Gasteiger partial charge in [-0.1, -0.05) is 20.8 Å². The van der Waals surface area contributed by atoms with Gasteiger partial charge in [0.2, 0.25) is 0 Å². The van der Waals surface area contributed by atoms with Crippen molar-refractivity contribution < 1.29 is 23.5 Å². The first-order valence-corrected chi connectivity index (χ1v) is 11.4. The van der Waals surface area contributed by atoms with E-state index in [9.17, 15) is 9.59 Å². The van der Waals surface area contributed by atoms with Crippen molar-refractivity contribution in [1.29, 1.82) is 0 Å². The van der Waals surface area contributed by atoms with Crippen LogP contribution in [0.15, 0.2) is 0 Å². The molecule has 1 aliphatic heterocycles. The summed E-state index contributed by atoms with van der Waals surface area (Å²) in [5, 5.41) is 0.0208. The molecule has 1 rings (SSSR count). The fourth-order valence-electron chi connectivity index (χ4n) is 2.37. The summed E-state index contributed by atoms with van der Waals surface area (Å²) in [6, 6.07) is -0.751. The van der Waals surface area contributed by atoms with Gasteiger partial charge in [0.25, 0.3) is 0 Å². The van der Waals surface area contributed by atoms with E-state index < -0.39 is 32.0 Å². The van der Waals surface area contributed by atoms with Crippen LogP contribution < -0.4 is 0 Å². The van der Waals surface area contributed by atoms with Crippen LogP contribution in [0.3, 0.4) is 0 Å². The summed E-state index contributed by atoms with van der Waals surface area (Å²) in [6.07, 6.45) is -0.254. The van der Waals surface area contributed by atoms with Crippen LogP contribution in [-0.2, 0) is 18.7 Å². The Balaban J connectivity index is 3.00. The Bertz CT molecular complexity index is 478. The van der Waals surface area contributed by atoms with E-state index in [0.717, 1.165) is 0 Å². The van der Waals surface area contributed by atoms with E-state index in [0.29, 0.717) is 13.0 Å². The highest BCUT2D eigenvalue weighted by molar-refractivity contribution is 6.74. The maximum Gasteiger partial charge on any atom is 0.411 e. The summed E-state index contributed by atoms with van der Waals surface area (Å²) >= 11 is 0. The fraction of sp³-hybridized carbons (Fsp3) is 0.882. The van der Waals surface area contributed by atoms with Gasteiger partial charge in [0, 0.05) is 6.54 Å². The summed E-state index contributed by atoms with van der Waals surface area (Å²) in [5.74, 6) is -0.456. The van der Waals surface area contributed by atoms with E-state index in [-0.39, 0.29) is 11.1 Å². The van der Waals surface area contributed by atoms with Gasteiger partial charge < -0.3 is 13.9 Å². The zero-order valence-electron chi connectivity index (χ0n) is 16.6. The van der Waals surface area contributed by atoms with Crippen LogP contribution in [0.4, 0.5) is 4.79 Å². The zero-order chi connectivity index (χ0) is 18.9. The molecule has 7 heteroatoms. The van der Waals surface area contributed by atoms with E-state index in [4.69, 9.17) is 13.9 Å². The molecule has 2 atom stereocenters. The third-order valence-electron chi connectivity index (χ3n) is 4.67. The lowest BCUT2D eigenvalue weighted by Gasteiger charge is -2.39. The summed E-state index contributed by atoms with van der Waals surface area (Å²) in [6.45, 7) is 16.5. The molecular formula is C17H33NO5Si. The van der Waals surface area contributed by atoms with Gasteiger partial charge in [0.15, 0.2) is 14.4 Å². The first kappa shape index (κ1) is 21.0. The molecule has 0 N–H and O–H groups in total. The number of likely N-dealkylation sites (tertiary alicyclic amines) is 1. The number of methoxy groups -OCH3 is 1. The predicted molar refractivity (Wildman–Crippen MR) is 95.4 cm³/mol. The molecule has 0 bridgehead atoms. The smallest absolute Gasteiger partial charge is 0.411 e. The molecular weight excluding hydrogens is 326 g/mol. The van der Waals surface area contributed by atoms with Gasteiger partial charge in [-0.05, 0) is 45.3 Å². The van der Waals surface area contributed by atoms with Crippen LogP contribution in [0.5, 0.6) is 0 Å². The summed E-state index contributed by atoms with van der Waals surface area (Å²) in [7, 11) is -0.737. The van der Waals surface area contributed by atoms with E-state index in [2.05, 4.69) is 33.9 Å². The molecule has 1 saturated heterocycles. The molecule has 24 heavy (non-hydrogen) atoms. The number of nitrogens with zero attached hydrogens (tertiary/aromatic N) is 1. The van der Waals surface area contributed by atoms with Crippen molar-refractivity contribution in [2.24, 2.45) is 0 Å². The van der Waals surface area contributed by atoms with Crippen molar-refractivity contribution in [1.82, 2.24) is 4.90 Å². The number of ether oxygens (including phenoxy) is 2. The van der Waals surface area contributed by atoms with Crippen molar-refractivity contribution in [3.63, 3.8) is 0 Å². The molecule has 0 saturated carbocycles. The standard InChI is InChI=1S/C17H33NO5Si/c1-16(2,3)22-15(20)18-11-10-12(13(18)14(19)21-7)23-24(8,9)17(4,5)6/h12-13H,10-11H2,1-9H3/t12?,13-/m1/s1. The van der Waals surface area contributed by atoms with Crippen LogP contribution in [0.1, 0.15) is 48.0 Å². The van der Waals surface area contributed by atoms with Crippen molar-refractivity contribution >= 4 is 20.4 Å². The molecule has 0 spiro atoms. The minimum absolute atomic E-state index is 0.0208. The van der Waals surface area contributed by atoms with Crippen LogP contribution in [0.25, 0.3) is 0 Å². The molecule has 0 aliphatic carbocycles. The number of esters is 1. The molecule has 0 aromatic heterocycles. The van der Waals surface area contributed by atoms with E-state index in [1.807, 2.05) is 0 Å². The number of carbonyl (C=O) groups excluding carboxylic acids is 2. The molecule has 0 aromatic carbocycles. The maximum atomic E-state index is 12.5. The average molecular weight is 360 g/mol. The molecule has 1 fully saturated rings. The summed E-state index contributed by atoms with van der Waals surface area (Å²) in [4.78, 5) is 26.2. The molecule has 1 unspecified atom stereocenters. The minimum Gasteiger partial charge on any atom is -0.467 e. The number of rotatable bonds is 3. The lowest BCUT2D eigenvalue weighted by atomic mass is 10.2. The Kier molecular flexibility index (Phi) is 6.14. The highest BCUT2D eigenvalue weighted by Gasteiger charge is 2.49. The predicted octanol–water partition coefficient (Wildman–Crippen LogP) is 3.56. The van der Waals surface area contributed by atoms with E-state index >= 15 is 0 Å². The molecule has 140 valence electrons. The summed E-state index contributed by atoms with van der Waals surface area (Å²) < 4.78 is 16.7. The zero-order valence-corrected chi connectivity index (χ0v) is 17.6. The lowest BCUT2D eigenvalue weighted by Crippen LogP contribution is -2.52. The third kappa shape index (κ3) is 4.96. The van der Waals surface area contributed by atoms with Crippen LogP contribution in [-0.4, -0.2) is 56.7 Å². The van der Waals surface area contributed by atoms with Crippen molar-refractivity contribution in [3.05, 3.63) is 0 Å². The Hall–Kier alpha value is -1.08. The monoisotopic (exact) mass is 359 g/mol. The fourth-order valence-corrected chi connectivity index (χ4v) is 3.72. The van der Waals surface area contributed by atoms with Gasteiger partial charge in [-0.3, -0.25) is 4.90 Å². The van der Waals surface area contributed by atoms with Gasteiger partial charge in [-0.15, -0.1) is 0 Å². The molecule has 1 heterocycles. The highest BCUT2D eigenvalue weighted by atomic mass is 28.4. The first-order valence-electron chi connectivity index (χ1n) is 8.45. The van der Waals surface area contributed by atoms with Crippen LogP contribution in [0.2, 0.25) is 18.1 Å². The summed E-state index contributed by atoms with van der Waals surface area (Å²) in [5.41, 5.74) is -0.615. The SMILES string of the molecule is COC(=O)[C@H]1C(O[Si](C)(C)C(C)(C)C)CCN1C(=O)OC(C)(C)C. The second-order valence-electron chi connectivity index (χ2n) is 8.85. The van der Waals surface area contributed by atoms with Gasteiger partial charge >= 0.3 is 12.1 Å². The maximum absolute atomic E-state index is 12.5. The Labute approximate surface area is 147 Å². The Morgan fingerprint density at radius 1 is 1.08 bits per heavy atom. The number of hydrogen-bond acceptors (Lipinski definition) is 5. The van der Waals surface area contributed by atoms with Gasteiger partial charge in [-0.25, -0.2) is 9.59 Å². The lowest BCUT2D eigenvalue weighted by molar-refractivity contribution is -0.148. The molecule has 1 aliphatic rings. The highest BCUT2D eigenvalue weighted by Crippen LogP contribution is 2.39. The quantitative estimate of drug-likeness (QED) is 0.569. The third-order valence-corrected chi connectivity index (χ3v) is 9.17. The molecule has 0 radical (unpaired) electrons. The van der Waals surface area contributed by atoms with Gasteiger partial charge in [0.1, 0.15) is 5.60 Å². The number of amides is 1. The molecule has 1 amide bonds. The van der Waals surface area contributed by atoms with E-state index in [1.54, 1.807) is 20.8 Å². The van der Waals surface area contributed by atoms with Crippen molar-refractivity contribution in [2.75, 3.05) is 13.7 Å². The Morgan fingerprint density at radius 2 is 1.62 bits per heavy atom. The second kappa shape index (κ2) is 7.04. The van der Waals surface area contributed by atoms with Crippen molar-refractivity contribution in [2.45, 2.75) is 83.8 Å². The van der Waals surface area contributed by atoms with E-state index in [1.165, 1.54) is 12.0 Å². The number of carbonyl (C=O) groups is 2. The second-order valence-corrected chi connectivity index (χ2v) is 13.6.